The minimum atomic E-state index is -4.48. The zero-order chi connectivity index (χ0) is 26.7. The molecule has 8 nitrogen and oxygen atoms in total. The van der Waals surface area contributed by atoms with E-state index in [0.717, 1.165) is 29.3 Å². The zero-order valence-corrected chi connectivity index (χ0v) is 20.2. The maximum absolute atomic E-state index is 12.9. The lowest BCUT2D eigenvalue weighted by Gasteiger charge is -2.32. The Morgan fingerprint density at radius 2 is 1.84 bits per heavy atom. The number of rotatable bonds is 6. The van der Waals surface area contributed by atoms with E-state index in [1.165, 1.54) is 18.2 Å². The molecule has 0 radical (unpaired) electrons. The SMILES string of the molecule is O=C(Nc1ccc(C2CCN(C(=O)c3cccc(OCC(F)(F)F)n3)CC2)cc1)c1cc2cnccc2[nH]1. The number of anilines is 1. The summed E-state index contributed by atoms with van der Waals surface area (Å²) < 4.78 is 41.9. The van der Waals surface area contributed by atoms with E-state index >= 15 is 0 Å². The number of halogens is 3. The fraction of sp³-hybridized carbons (Fsp3) is 0.259. The number of hydrogen-bond donors (Lipinski definition) is 2. The van der Waals surface area contributed by atoms with Gasteiger partial charge in [0.25, 0.3) is 11.8 Å². The van der Waals surface area contributed by atoms with E-state index < -0.39 is 12.8 Å². The molecular formula is C27H24F3N5O3. The fourth-order valence-corrected chi connectivity index (χ4v) is 4.48. The molecule has 3 aromatic heterocycles. The van der Waals surface area contributed by atoms with Crippen molar-refractivity contribution < 1.29 is 27.5 Å². The first-order valence-corrected chi connectivity index (χ1v) is 12.0. The first-order valence-electron chi connectivity index (χ1n) is 12.0. The number of benzene rings is 1. The molecular weight excluding hydrogens is 499 g/mol. The number of likely N-dealkylation sites (tertiary alicyclic amines) is 1. The second-order valence-corrected chi connectivity index (χ2v) is 9.05. The molecule has 0 bridgehead atoms. The van der Waals surface area contributed by atoms with Gasteiger partial charge in [-0.05, 0) is 54.7 Å². The second kappa shape index (κ2) is 10.5. The number of nitrogens with zero attached hydrogens (tertiary/aromatic N) is 3. The van der Waals surface area contributed by atoms with Gasteiger partial charge in [0.1, 0.15) is 11.4 Å². The van der Waals surface area contributed by atoms with Crippen LogP contribution in [0.1, 0.15) is 45.3 Å². The minimum absolute atomic E-state index is 0.0504. The Kier molecular flexibility index (Phi) is 6.99. The van der Waals surface area contributed by atoms with Crippen molar-refractivity contribution in [3.05, 3.63) is 83.9 Å². The van der Waals surface area contributed by atoms with Crippen LogP contribution in [0.3, 0.4) is 0 Å². The molecule has 0 unspecified atom stereocenters. The van der Waals surface area contributed by atoms with Gasteiger partial charge in [-0.3, -0.25) is 14.6 Å². The Morgan fingerprint density at radius 1 is 1.08 bits per heavy atom. The largest absolute Gasteiger partial charge is 0.468 e. The number of ether oxygens (including phenoxy) is 1. The molecule has 11 heteroatoms. The van der Waals surface area contributed by atoms with Crippen molar-refractivity contribution in [2.45, 2.75) is 24.9 Å². The first kappa shape index (κ1) is 25.2. The summed E-state index contributed by atoms with van der Waals surface area (Å²) in [5.41, 5.74) is 3.10. The molecule has 0 spiro atoms. The highest BCUT2D eigenvalue weighted by molar-refractivity contribution is 6.05. The third-order valence-electron chi connectivity index (χ3n) is 6.41. The number of amides is 2. The summed E-state index contributed by atoms with van der Waals surface area (Å²) in [6.45, 7) is -0.481. The van der Waals surface area contributed by atoms with Gasteiger partial charge in [-0.15, -0.1) is 0 Å². The van der Waals surface area contributed by atoms with Gasteiger partial charge in [-0.2, -0.15) is 13.2 Å². The summed E-state index contributed by atoms with van der Waals surface area (Å²) in [7, 11) is 0. The highest BCUT2D eigenvalue weighted by Gasteiger charge is 2.29. The summed E-state index contributed by atoms with van der Waals surface area (Å²) in [5, 5.41) is 3.75. The average molecular weight is 524 g/mol. The van der Waals surface area contributed by atoms with Gasteiger partial charge in [0.05, 0.1) is 0 Å². The molecule has 4 heterocycles. The van der Waals surface area contributed by atoms with Crippen molar-refractivity contribution in [2.75, 3.05) is 25.0 Å². The predicted octanol–water partition coefficient (Wildman–Crippen LogP) is 5.17. The number of carbonyl (C=O) groups excluding carboxylic acids is 2. The molecule has 1 aliphatic heterocycles. The molecule has 196 valence electrons. The monoisotopic (exact) mass is 523 g/mol. The molecule has 38 heavy (non-hydrogen) atoms. The molecule has 0 aliphatic carbocycles. The van der Waals surface area contributed by atoms with Gasteiger partial charge in [-0.25, -0.2) is 4.98 Å². The smallest absolute Gasteiger partial charge is 0.422 e. The number of pyridine rings is 2. The number of fused-ring (bicyclic) bond motifs is 1. The molecule has 5 rings (SSSR count). The maximum Gasteiger partial charge on any atom is 0.422 e. The number of aromatic amines is 1. The van der Waals surface area contributed by atoms with Gasteiger partial charge in [0, 0.05) is 48.1 Å². The highest BCUT2D eigenvalue weighted by atomic mass is 19.4. The van der Waals surface area contributed by atoms with Gasteiger partial charge in [0.15, 0.2) is 6.61 Å². The fourth-order valence-electron chi connectivity index (χ4n) is 4.48. The number of alkyl halides is 3. The van der Waals surface area contributed by atoms with Gasteiger partial charge < -0.3 is 19.9 Å². The molecule has 1 aromatic carbocycles. The standard InChI is InChI=1S/C27H24F3N5O3/c28-27(29,30)16-38-24-3-1-2-22(34-24)26(37)35-12-9-18(10-13-35)17-4-6-20(7-5-17)32-25(36)23-14-19-15-31-11-8-21(19)33-23/h1-8,11,14-15,18,33H,9-10,12-13,16H2,(H,32,36). The van der Waals surface area contributed by atoms with Gasteiger partial charge >= 0.3 is 6.18 Å². The van der Waals surface area contributed by atoms with Crippen LogP contribution in [0.25, 0.3) is 10.9 Å². The van der Waals surface area contributed by atoms with Crippen LogP contribution in [0.5, 0.6) is 5.88 Å². The zero-order valence-electron chi connectivity index (χ0n) is 20.2. The molecule has 0 atom stereocenters. The Hall–Kier alpha value is -4.41. The van der Waals surface area contributed by atoms with Crippen molar-refractivity contribution in [1.82, 2.24) is 19.9 Å². The summed E-state index contributed by atoms with van der Waals surface area (Å²) in [4.78, 5) is 38.2. The van der Waals surface area contributed by atoms with E-state index in [1.54, 1.807) is 29.4 Å². The Labute approximate surface area is 215 Å². The Balaban J connectivity index is 1.15. The lowest BCUT2D eigenvalue weighted by atomic mass is 9.89. The van der Waals surface area contributed by atoms with Crippen LogP contribution < -0.4 is 10.1 Å². The van der Waals surface area contributed by atoms with E-state index in [1.807, 2.05) is 24.3 Å². The third kappa shape index (κ3) is 5.93. The van der Waals surface area contributed by atoms with Crippen LogP contribution in [-0.2, 0) is 0 Å². The van der Waals surface area contributed by atoms with Crippen LogP contribution in [0, 0.1) is 0 Å². The van der Waals surface area contributed by atoms with Crippen molar-refractivity contribution in [3.8, 4) is 5.88 Å². The normalized spacial score (nSPS) is 14.4. The van der Waals surface area contributed by atoms with Crippen molar-refractivity contribution in [1.29, 1.82) is 0 Å². The molecule has 1 saturated heterocycles. The molecule has 2 amide bonds. The number of H-pyrrole nitrogens is 1. The number of piperidine rings is 1. The van der Waals surface area contributed by atoms with Crippen LogP contribution in [-0.4, -0.2) is 57.5 Å². The van der Waals surface area contributed by atoms with Crippen molar-refractivity contribution >= 4 is 28.4 Å². The van der Waals surface area contributed by atoms with E-state index in [9.17, 15) is 22.8 Å². The topological polar surface area (TPSA) is 100 Å². The van der Waals surface area contributed by atoms with Crippen molar-refractivity contribution in [3.63, 3.8) is 0 Å². The lowest BCUT2D eigenvalue weighted by molar-refractivity contribution is -0.154. The minimum Gasteiger partial charge on any atom is -0.468 e. The number of nitrogens with one attached hydrogen (secondary N) is 2. The molecule has 4 aromatic rings. The van der Waals surface area contributed by atoms with E-state index in [4.69, 9.17) is 0 Å². The van der Waals surface area contributed by atoms with E-state index in [0.29, 0.717) is 24.5 Å². The van der Waals surface area contributed by atoms with Crippen LogP contribution in [0.2, 0.25) is 0 Å². The van der Waals surface area contributed by atoms with Gasteiger partial charge in [0.2, 0.25) is 5.88 Å². The summed E-state index contributed by atoms with van der Waals surface area (Å²) in [6, 6.07) is 15.4. The molecule has 0 saturated carbocycles. The van der Waals surface area contributed by atoms with Crippen LogP contribution in [0.15, 0.2) is 67.0 Å². The Morgan fingerprint density at radius 3 is 2.55 bits per heavy atom. The van der Waals surface area contributed by atoms with E-state index in [-0.39, 0.29) is 29.3 Å². The third-order valence-corrected chi connectivity index (χ3v) is 6.41. The maximum atomic E-state index is 12.9. The van der Waals surface area contributed by atoms with Crippen LogP contribution >= 0.6 is 0 Å². The highest BCUT2D eigenvalue weighted by Crippen LogP contribution is 2.30. The van der Waals surface area contributed by atoms with Crippen molar-refractivity contribution in [2.24, 2.45) is 0 Å². The molecule has 2 N–H and O–H groups in total. The van der Waals surface area contributed by atoms with E-state index in [2.05, 4.69) is 25.0 Å². The molecule has 1 fully saturated rings. The number of hydrogen-bond acceptors (Lipinski definition) is 5. The Bertz CT molecular complexity index is 1410. The second-order valence-electron chi connectivity index (χ2n) is 9.05. The summed E-state index contributed by atoms with van der Waals surface area (Å²) in [5.74, 6) is -0.592. The first-order chi connectivity index (χ1) is 18.2. The summed E-state index contributed by atoms with van der Waals surface area (Å²) >= 11 is 0. The lowest BCUT2D eigenvalue weighted by Crippen LogP contribution is -2.38. The number of aromatic nitrogens is 3. The van der Waals surface area contributed by atoms with Crippen LogP contribution in [0.4, 0.5) is 18.9 Å². The number of carbonyl (C=O) groups is 2. The summed E-state index contributed by atoms with van der Waals surface area (Å²) in [6.07, 6.45) is 0.320. The van der Waals surface area contributed by atoms with Gasteiger partial charge in [-0.1, -0.05) is 18.2 Å². The predicted molar refractivity (Wildman–Crippen MR) is 134 cm³/mol. The average Bonchev–Trinajstić information content (AvgIpc) is 3.37. The molecule has 1 aliphatic rings. The quantitative estimate of drug-likeness (QED) is 0.363.